The summed E-state index contributed by atoms with van der Waals surface area (Å²) in [5.74, 6) is -0.130. The minimum absolute atomic E-state index is 0.0231. The van der Waals surface area contributed by atoms with E-state index in [9.17, 15) is 9.59 Å². The first kappa shape index (κ1) is 21.0. The van der Waals surface area contributed by atoms with Crippen LogP contribution in [0.15, 0.2) is 48.5 Å². The largest absolute Gasteiger partial charge is 0.384 e. The summed E-state index contributed by atoms with van der Waals surface area (Å²) in [7, 11) is 1.64. The fourth-order valence-electron chi connectivity index (χ4n) is 3.66. The average Bonchev–Trinajstić information content (AvgIpc) is 2.73. The Labute approximate surface area is 172 Å². The van der Waals surface area contributed by atoms with Gasteiger partial charge in [0.15, 0.2) is 0 Å². The van der Waals surface area contributed by atoms with Crippen molar-refractivity contribution in [1.29, 1.82) is 0 Å². The smallest absolute Gasteiger partial charge is 0.255 e. The average molecular weight is 396 g/mol. The standard InChI is InChI=1S/C23H29N3O3/c1-17-6-8-19(9-7-17)21(27)26-20-5-3-4-18(14-20)15-25-22(28)23(16-29-2)10-12-24-13-11-23/h3-9,14,24H,10-13,15-16H2,1-2H3,(H,25,28)(H,26,27). The van der Waals surface area contributed by atoms with Crippen molar-refractivity contribution in [3.05, 3.63) is 65.2 Å². The van der Waals surface area contributed by atoms with Gasteiger partial charge in [-0.25, -0.2) is 0 Å². The Kier molecular flexibility index (Phi) is 7.01. The second kappa shape index (κ2) is 9.67. The minimum Gasteiger partial charge on any atom is -0.384 e. The number of carbonyl (C=O) groups excluding carboxylic acids is 2. The number of piperidine rings is 1. The number of aryl methyl sites for hydroxylation is 1. The molecular weight excluding hydrogens is 366 g/mol. The van der Waals surface area contributed by atoms with E-state index < -0.39 is 5.41 Å². The number of nitrogens with one attached hydrogen (secondary N) is 3. The molecule has 2 amide bonds. The van der Waals surface area contributed by atoms with Crippen LogP contribution in [0.1, 0.15) is 34.3 Å². The maximum atomic E-state index is 12.9. The molecule has 2 aromatic rings. The summed E-state index contributed by atoms with van der Waals surface area (Å²) in [5.41, 5.74) is 2.88. The van der Waals surface area contributed by atoms with E-state index in [0.29, 0.717) is 24.4 Å². The molecule has 0 atom stereocenters. The number of carbonyl (C=O) groups is 2. The molecule has 3 N–H and O–H groups in total. The highest BCUT2D eigenvalue weighted by Crippen LogP contribution is 2.29. The highest BCUT2D eigenvalue weighted by Gasteiger charge is 2.39. The van der Waals surface area contributed by atoms with Gasteiger partial charge in [-0.15, -0.1) is 0 Å². The maximum absolute atomic E-state index is 12.9. The highest BCUT2D eigenvalue weighted by molar-refractivity contribution is 6.04. The molecule has 154 valence electrons. The molecule has 29 heavy (non-hydrogen) atoms. The molecule has 3 rings (SSSR count). The van der Waals surface area contributed by atoms with Crippen molar-refractivity contribution in [3.8, 4) is 0 Å². The van der Waals surface area contributed by atoms with Crippen LogP contribution in [-0.2, 0) is 16.1 Å². The van der Waals surface area contributed by atoms with Crippen LogP contribution in [-0.4, -0.2) is 38.6 Å². The Hall–Kier alpha value is -2.70. The zero-order valence-corrected chi connectivity index (χ0v) is 17.1. The summed E-state index contributed by atoms with van der Waals surface area (Å²) in [4.78, 5) is 25.3. The first-order valence-electron chi connectivity index (χ1n) is 9.97. The van der Waals surface area contributed by atoms with Crippen LogP contribution in [0.5, 0.6) is 0 Å². The summed E-state index contributed by atoms with van der Waals surface area (Å²) in [6, 6.07) is 15.0. The third-order valence-corrected chi connectivity index (χ3v) is 5.41. The van der Waals surface area contributed by atoms with Gasteiger partial charge in [-0.05, 0) is 62.7 Å². The van der Waals surface area contributed by atoms with Crippen molar-refractivity contribution in [2.24, 2.45) is 5.41 Å². The number of amides is 2. The molecule has 1 saturated heterocycles. The van der Waals surface area contributed by atoms with Crippen LogP contribution < -0.4 is 16.0 Å². The molecule has 0 radical (unpaired) electrons. The van der Waals surface area contributed by atoms with E-state index in [2.05, 4.69) is 16.0 Å². The fraction of sp³-hybridized carbons (Fsp3) is 0.391. The van der Waals surface area contributed by atoms with Gasteiger partial charge in [-0.3, -0.25) is 9.59 Å². The van der Waals surface area contributed by atoms with Crippen molar-refractivity contribution in [3.63, 3.8) is 0 Å². The van der Waals surface area contributed by atoms with Crippen LogP contribution in [0.25, 0.3) is 0 Å². The molecule has 0 aromatic heterocycles. The third kappa shape index (κ3) is 5.43. The first-order chi connectivity index (χ1) is 14.0. The number of hydrogen-bond donors (Lipinski definition) is 3. The van der Waals surface area contributed by atoms with Gasteiger partial charge in [-0.2, -0.15) is 0 Å². The quantitative estimate of drug-likeness (QED) is 0.674. The van der Waals surface area contributed by atoms with Gasteiger partial charge in [0.2, 0.25) is 5.91 Å². The van der Waals surface area contributed by atoms with Gasteiger partial charge < -0.3 is 20.7 Å². The van der Waals surface area contributed by atoms with Crippen LogP contribution in [0, 0.1) is 12.3 Å². The Morgan fingerprint density at radius 2 is 1.83 bits per heavy atom. The predicted molar refractivity (Wildman–Crippen MR) is 114 cm³/mol. The van der Waals surface area contributed by atoms with E-state index in [1.807, 2.05) is 55.5 Å². The molecule has 6 nitrogen and oxygen atoms in total. The monoisotopic (exact) mass is 395 g/mol. The molecule has 0 unspecified atom stereocenters. The van der Waals surface area contributed by atoms with Gasteiger partial charge in [0.25, 0.3) is 5.91 Å². The summed E-state index contributed by atoms with van der Waals surface area (Å²) < 4.78 is 5.33. The Morgan fingerprint density at radius 1 is 1.10 bits per heavy atom. The van der Waals surface area contributed by atoms with Gasteiger partial charge in [0.1, 0.15) is 0 Å². The van der Waals surface area contributed by atoms with Gasteiger partial charge in [0, 0.05) is 24.9 Å². The number of ether oxygens (including phenoxy) is 1. The molecule has 1 aliphatic heterocycles. The maximum Gasteiger partial charge on any atom is 0.255 e. The fourth-order valence-corrected chi connectivity index (χ4v) is 3.66. The number of anilines is 1. The summed E-state index contributed by atoms with van der Waals surface area (Å²) in [6.45, 7) is 4.45. The molecule has 0 spiro atoms. The number of hydrogen-bond acceptors (Lipinski definition) is 4. The zero-order valence-electron chi connectivity index (χ0n) is 17.1. The highest BCUT2D eigenvalue weighted by atomic mass is 16.5. The van der Waals surface area contributed by atoms with E-state index in [-0.39, 0.29) is 11.8 Å². The molecule has 0 bridgehead atoms. The summed E-state index contributed by atoms with van der Waals surface area (Å²) in [5, 5.41) is 9.26. The SMILES string of the molecule is COCC1(C(=O)NCc2cccc(NC(=O)c3ccc(C)cc3)c2)CCNCC1. The lowest BCUT2D eigenvalue weighted by Crippen LogP contribution is -2.49. The lowest BCUT2D eigenvalue weighted by atomic mass is 9.78. The van der Waals surface area contributed by atoms with E-state index in [1.54, 1.807) is 7.11 Å². The molecule has 1 heterocycles. The molecule has 0 saturated carbocycles. The Bertz CT molecular complexity index is 837. The van der Waals surface area contributed by atoms with E-state index in [1.165, 1.54) is 0 Å². The normalized spacial score (nSPS) is 15.5. The van der Waals surface area contributed by atoms with E-state index >= 15 is 0 Å². The van der Waals surface area contributed by atoms with Gasteiger partial charge in [0.05, 0.1) is 12.0 Å². The summed E-state index contributed by atoms with van der Waals surface area (Å²) >= 11 is 0. The van der Waals surface area contributed by atoms with E-state index in [4.69, 9.17) is 4.74 Å². The van der Waals surface area contributed by atoms with Gasteiger partial charge >= 0.3 is 0 Å². The molecule has 1 fully saturated rings. The Morgan fingerprint density at radius 3 is 2.52 bits per heavy atom. The third-order valence-electron chi connectivity index (χ3n) is 5.41. The van der Waals surface area contributed by atoms with Crippen molar-refractivity contribution in [2.45, 2.75) is 26.3 Å². The lowest BCUT2D eigenvalue weighted by Gasteiger charge is -2.35. The van der Waals surface area contributed by atoms with Crippen LogP contribution >= 0.6 is 0 Å². The molecule has 1 aliphatic rings. The molecular formula is C23H29N3O3. The number of methoxy groups -OCH3 is 1. The van der Waals surface area contributed by atoms with E-state index in [0.717, 1.165) is 37.1 Å². The van der Waals surface area contributed by atoms with Crippen LogP contribution in [0.4, 0.5) is 5.69 Å². The first-order valence-corrected chi connectivity index (χ1v) is 9.97. The molecule has 0 aliphatic carbocycles. The molecule has 2 aromatic carbocycles. The lowest BCUT2D eigenvalue weighted by molar-refractivity contribution is -0.136. The predicted octanol–water partition coefficient (Wildman–Crippen LogP) is 2.88. The topological polar surface area (TPSA) is 79.5 Å². The van der Waals surface area contributed by atoms with Crippen molar-refractivity contribution >= 4 is 17.5 Å². The van der Waals surface area contributed by atoms with Crippen molar-refractivity contribution in [2.75, 3.05) is 32.1 Å². The Balaban J connectivity index is 1.61. The van der Waals surface area contributed by atoms with Gasteiger partial charge in [-0.1, -0.05) is 29.8 Å². The van der Waals surface area contributed by atoms with Crippen LogP contribution in [0.3, 0.4) is 0 Å². The van der Waals surface area contributed by atoms with Crippen LogP contribution in [0.2, 0.25) is 0 Å². The van der Waals surface area contributed by atoms with Crippen molar-refractivity contribution < 1.29 is 14.3 Å². The zero-order chi connectivity index (χ0) is 20.7. The minimum atomic E-state index is -0.475. The second-order valence-electron chi connectivity index (χ2n) is 7.67. The summed E-state index contributed by atoms with van der Waals surface area (Å²) in [6.07, 6.45) is 1.53. The number of rotatable bonds is 7. The number of benzene rings is 2. The van der Waals surface area contributed by atoms with Crippen molar-refractivity contribution in [1.82, 2.24) is 10.6 Å². The second-order valence-corrected chi connectivity index (χ2v) is 7.67. The molecule has 6 heteroatoms.